The van der Waals surface area contributed by atoms with E-state index in [1.165, 1.54) is 0 Å². The number of carbonyl (C=O) groups is 2. The molecule has 6 nitrogen and oxygen atoms in total. The number of ether oxygens (including phenoxy) is 2. The summed E-state index contributed by atoms with van der Waals surface area (Å²) in [5.41, 5.74) is 0.431. The van der Waals surface area contributed by atoms with Crippen LogP contribution in [0.1, 0.15) is 79.2 Å². The van der Waals surface area contributed by atoms with Crippen LogP contribution < -0.4 is 0 Å². The zero-order valence-electron chi connectivity index (χ0n) is 22.0. The zero-order chi connectivity index (χ0) is 26.0. The number of cyclic esters (lactones) is 1. The molecule has 0 aromatic heterocycles. The second-order valence-corrected chi connectivity index (χ2v) is 11.4. The van der Waals surface area contributed by atoms with E-state index in [4.69, 9.17) is 9.47 Å². The first-order chi connectivity index (χ1) is 16.3. The second-order valence-electron chi connectivity index (χ2n) is 11.4. The Labute approximate surface area is 209 Å². The Morgan fingerprint density at radius 3 is 2.40 bits per heavy atom. The van der Waals surface area contributed by atoms with E-state index >= 15 is 0 Å². The highest BCUT2D eigenvalue weighted by Crippen LogP contribution is 2.45. The van der Waals surface area contributed by atoms with Crippen LogP contribution in [0.15, 0.2) is 35.9 Å². The van der Waals surface area contributed by atoms with Crippen LogP contribution in [0, 0.1) is 17.3 Å². The fourth-order valence-corrected chi connectivity index (χ4v) is 5.20. The van der Waals surface area contributed by atoms with Gasteiger partial charge in [0.15, 0.2) is 0 Å². The molecule has 2 aliphatic rings. The van der Waals surface area contributed by atoms with Gasteiger partial charge in [0, 0.05) is 12.3 Å². The minimum Gasteiger partial charge on any atom is -0.458 e. The first-order valence-corrected chi connectivity index (χ1v) is 12.9. The lowest BCUT2D eigenvalue weighted by atomic mass is 9.73. The summed E-state index contributed by atoms with van der Waals surface area (Å²) in [6.45, 7) is 10.9. The van der Waals surface area contributed by atoms with Crippen molar-refractivity contribution < 1.29 is 29.3 Å². The highest BCUT2D eigenvalue weighted by atomic mass is 16.6. The van der Waals surface area contributed by atoms with Gasteiger partial charge in [-0.15, -0.1) is 0 Å². The van der Waals surface area contributed by atoms with Gasteiger partial charge in [0.2, 0.25) is 0 Å². The van der Waals surface area contributed by atoms with E-state index in [0.29, 0.717) is 6.42 Å². The third kappa shape index (κ3) is 6.60. The molecule has 1 aromatic rings. The topological polar surface area (TPSA) is 96.4 Å². The lowest BCUT2D eigenvalue weighted by Gasteiger charge is -2.34. The third-order valence-corrected chi connectivity index (χ3v) is 8.11. The average molecular weight is 487 g/mol. The van der Waals surface area contributed by atoms with E-state index < -0.39 is 35.6 Å². The van der Waals surface area contributed by atoms with Crippen LogP contribution in [-0.4, -0.2) is 52.0 Å². The van der Waals surface area contributed by atoms with Crippen LogP contribution in [0.3, 0.4) is 0 Å². The SMILES string of the molecule is C/C(=C\c1ccccc1)[C@@H]1C[C@@H]2O[C@]2(C)CCCC(C)[C@H](O)C(C)C(=O)C(C)(C)C(O)CC(=O)O1. The van der Waals surface area contributed by atoms with Crippen molar-refractivity contribution in [1.29, 1.82) is 0 Å². The number of hydrogen-bond donors (Lipinski definition) is 2. The zero-order valence-corrected chi connectivity index (χ0v) is 22.0. The summed E-state index contributed by atoms with van der Waals surface area (Å²) in [7, 11) is 0. The maximum atomic E-state index is 13.2. The van der Waals surface area contributed by atoms with Gasteiger partial charge in [-0.2, -0.15) is 0 Å². The predicted molar refractivity (Wildman–Crippen MR) is 135 cm³/mol. The van der Waals surface area contributed by atoms with Gasteiger partial charge >= 0.3 is 5.97 Å². The van der Waals surface area contributed by atoms with Gasteiger partial charge in [0.1, 0.15) is 11.9 Å². The fourth-order valence-electron chi connectivity index (χ4n) is 5.20. The molecule has 0 amide bonds. The van der Waals surface area contributed by atoms with Gasteiger partial charge < -0.3 is 19.7 Å². The van der Waals surface area contributed by atoms with Gasteiger partial charge in [0.25, 0.3) is 0 Å². The average Bonchev–Trinajstić information content (AvgIpc) is 3.45. The number of fused-ring (bicyclic) bond motifs is 1. The first kappa shape index (κ1) is 27.6. The Kier molecular flexibility index (Phi) is 8.61. The number of benzene rings is 1. The monoisotopic (exact) mass is 486 g/mol. The van der Waals surface area contributed by atoms with Crippen LogP contribution in [0.25, 0.3) is 6.08 Å². The minimum atomic E-state index is -1.22. The molecule has 3 unspecified atom stereocenters. The Balaban J connectivity index is 1.86. The van der Waals surface area contributed by atoms with Crippen LogP contribution in [-0.2, 0) is 19.1 Å². The Morgan fingerprint density at radius 2 is 1.74 bits per heavy atom. The van der Waals surface area contributed by atoms with Gasteiger partial charge in [-0.05, 0) is 43.7 Å². The molecule has 0 spiro atoms. The number of carbonyl (C=O) groups excluding carboxylic acids is 2. The molecule has 2 aliphatic heterocycles. The highest BCUT2D eigenvalue weighted by molar-refractivity contribution is 5.88. The molecule has 0 saturated carbocycles. The number of rotatable bonds is 2. The van der Waals surface area contributed by atoms with E-state index in [1.54, 1.807) is 20.8 Å². The molecule has 7 atom stereocenters. The molecule has 0 bridgehead atoms. The van der Waals surface area contributed by atoms with E-state index in [2.05, 4.69) is 6.92 Å². The molecular formula is C29H42O6. The van der Waals surface area contributed by atoms with Crippen molar-refractivity contribution in [1.82, 2.24) is 0 Å². The van der Waals surface area contributed by atoms with Gasteiger partial charge in [-0.3, -0.25) is 9.59 Å². The maximum Gasteiger partial charge on any atom is 0.309 e. The first-order valence-electron chi connectivity index (χ1n) is 12.9. The molecule has 0 radical (unpaired) electrons. The summed E-state index contributed by atoms with van der Waals surface area (Å²) < 4.78 is 11.9. The number of ketones is 1. The van der Waals surface area contributed by atoms with Gasteiger partial charge in [-0.25, -0.2) is 0 Å². The van der Waals surface area contributed by atoms with E-state index in [9.17, 15) is 19.8 Å². The summed E-state index contributed by atoms with van der Waals surface area (Å²) in [6.07, 6.45) is 2.16. The summed E-state index contributed by atoms with van der Waals surface area (Å²) in [5, 5.41) is 21.7. The third-order valence-electron chi connectivity index (χ3n) is 8.11. The second kappa shape index (κ2) is 10.9. The normalized spacial score (nSPS) is 37.3. The van der Waals surface area contributed by atoms with Crippen molar-refractivity contribution in [3.8, 4) is 0 Å². The van der Waals surface area contributed by atoms with E-state index in [0.717, 1.165) is 30.4 Å². The molecule has 1 aromatic carbocycles. The van der Waals surface area contributed by atoms with E-state index in [1.807, 2.05) is 50.3 Å². The number of Topliss-reactive ketones (excluding diaryl/α,β-unsaturated/α-hetero) is 1. The number of esters is 1. The summed E-state index contributed by atoms with van der Waals surface area (Å²) in [4.78, 5) is 26.2. The maximum absolute atomic E-state index is 13.2. The molecule has 2 N–H and O–H groups in total. The quantitative estimate of drug-likeness (QED) is 0.464. The molecule has 6 heteroatoms. The largest absolute Gasteiger partial charge is 0.458 e. The van der Waals surface area contributed by atoms with Crippen LogP contribution >= 0.6 is 0 Å². The fraction of sp³-hybridized carbons (Fsp3) is 0.655. The molecule has 35 heavy (non-hydrogen) atoms. The number of aliphatic hydroxyl groups is 2. The number of hydrogen-bond acceptors (Lipinski definition) is 6. The number of epoxide rings is 1. The summed E-state index contributed by atoms with van der Waals surface area (Å²) in [6, 6.07) is 9.85. The molecular weight excluding hydrogens is 444 g/mol. The van der Waals surface area contributed by atoms with Crippen molar-refractivity contribution in [2.45, 2.75) is 104 Å². The Bertz CT molecular complexity index is 922. The van der Waals surface area contributed by atoms with Gasteiger partial charge in [0.05, 0.1) is 35.7 Å². The lowest BCUT2D eigenvalue weighted by Crippen LogP contribution is -2.45. The number of aliphatic hydroxyl groups excluding tert-OH is 2. The Hall–Kier alpha value is -2.02. The molecule has 0 aliphatic carbocycles. The van der Waals surface area contributed by atoms with Crippen molar-refractivity contribution in [2.24, 2.45) is 17.3 Å². The molecule has 194 valence electrons. The predicted octanol–water partition coefficient (Wildman–Crippen LogP) is 4.71. The van der Waals surface area contributed by atoms with Crippen molar-refractivity contribution in [3.05, 3.63) is 41.5 Å². The Morgan fingerprint density at radius 1 is 1.09 bits per heavy atom. The minimum absolute atomic E-state index is 0.0329. The molecule has 3 rings (SSSR count). The molecule has 2 fully saturated rings. The van der Waals surface area contributed by atoms with E-state index in [-0.39, 0.29) is 29.8 Å². The summed E-state index contributed by atoms with van der Waals surface area (Å²) in [5.74, 6) is -1.52. The molecule has 2 saturated heterocycles. The highest BCUT2D eigenvalue weighted by Gasteiger charge is 2.53. The van der Waals surface area contributed by atoms with Crippen molar-refractivity contribution in [3.63, 3.8) is 0 Å². The van der Waals surface area contributed by atoms with Crippen LogP contribution in [0.4, 0.5) is 0 Å². The van der Waals surface area contributed by atoms with Gasteiger partial charge in [-0.1, -0.05) is 70.5 Å². The standard InChI is InChI=1S/C29H42O6/c1-18-11-10-14-29(6)24(35-29)16-22(19(2)15-21-12-8-7-9-13-21)34-25(31)17-23(30)28(4,5)27(33)20(3)26(18)32/h7-9,12-13,15,18,20,22-24,26,30,32H,10-11,14,16-17H2,1-6H3/b19-15+/t18?,20?,22-,23?,24-,26-,29+/m0/s1. The van der Waals surface area contributed by atoms with Crippen LogP contribution in [0.2, 0.25) is 0 Å². The summed E-state index contributed by atoms with van der Waals surface area (Å²) >= 11 is 0. The van der Waals surface area contributed by atoms with Crippen LogP contribution in [0.5, 0.6) is 0 Å². The smallest absolute Gasteiger partial charge is 0.309 e. The van der Waals surface area contributed by atoms with Crippen molar-refractivity contribution in [2.75, 3.05) is 0 Å². The molecule has 2 heterocycles. The van der Waals surface area contributed by atoms with Crippen molar-refractivity contribution >= 4 is 17.8 Å². The lowest BCUT2D eigenvalue weighted by molar-refractivity contribution is -0.154.